The first-order valence-corrected chi connectivity index (χ1v) is 10.5. The lowest BCUT2D eigenvalue weighted by Gasteiger charge is -2.35. The van der Waals surface area contributed by atoms with E-state index in [4.69, 9.17) is 39.1 Å². The molecule has 0 atom stereocenters. The molecule has 6 radical (unpaired) electrons. The second kappa shape index (κ2) is 8.67. The molecule has 1 aliphatic heterocycles. The zero-order valence-corrected chi connectivity index (χ0v) is 18.9. The molecular formula is C21H22B3N5OS. The molecule has 3 rings (SSSR count). The van der Waals surface area contributed by atoms with Crippen molar-refractivity contribution in [2.75, 3.05) is 5.32 Å². The molecule has 3 N–H and O–H groups in total. The van der Waals surface area contributed by atoms with Crippen molar-refractivity contribution in [2.45, 2.75) is 50.0 Å². The Morgan fingerprint density at radius 1 is 1.13 bits per heavy atom. The van der Waals surface area contributed by atoms with Crippen LogP contribution in [0.5, 0.6) is 0 Å². The zero-order chi connectivity index (χ0) is 23.0. The summed E-state index contributed by atoms with van der Waals surface area (Å²) in [7, 11) is 16.7. The molecule has 0 saturated heterocycles. The van der Waals surface area contributed by atoms with Crippen molar-refractivity contribution in [3.63, 3.8) is 0 Å². The molecule has 2 heterocycles. The van der Waals surface area contributed by atoms with Gasteiger partial charge in [0.2, 0.25) is 0 Å². The molecule has 0 spiro atoms. The number of nitrogens with one attached hydrogen (secondary N) is 3. The van der Waals surface area contributed by atoms with Crippen LogP contribution in [0.15, 0.2) is 41.1 Å². The Bertz CT molecular complexity index is 1060. The van der Waals surface area contributed by atoms with E-state index in [1.165, 1.54) is 18.1 Å². The minimum absolute atomic E-state index is 0.380. The van der Waals surface area contributed by atoms with Crippen molar-refractivity contribution in [1.82, 2.24) is 9.97 Å². The maximum Gasteiger partial charge on any atom is 0.144 e. The highest BCUT2D eigenvalue weighted by Crippen LogP contribution is 2.44. The van der Waals surface area contributed by atoms with Crippen LogP contribution in [0.4, 0.5) is 5.82 Å². The fourth-order valence-electron chi connectivity index (χ4n) is 3.28. The number of allylic oxidation sites excluding steroid dienone is 1. The van der Waals surface area contributed by atoms with Gasteiger partial charge in [0, 0.05) is 17.8 Å². The molecule has 31 heavy (non-hydrogen) atoms. The minimum Gasteiger partial charge on any atom is -0.392 e. The number of nitrogens with zero attached hydrogens (tertiary/aromatic N) is 2. The number of fused-ring (bicyclic) bond motifs is 1. The van der Waals surface area contributed by atoms with E-state index in [9.17, 15) is 0 Å². The molecule has 1 aromatic carbocycles. The van der Waals surface area contributed by atoms with Gasteiger partial charge in [-0.2, -0.15) is 0 Å². The number of hydrogen-bond acceptors (Lipinski definition) is 7. The maximum atomic E-state index is 8.33. The van der Waals surface area contributed by atoms with E-state index in [2.05, 4.69) is 15.3 Å². The fourth-order valence-corrected chi connectivity index (χ4v) is 4.31. The molecule has 0 unspecified atom stereocenters. The van der Waals surface area contributed by atoms with Gasteiger partial charge in [0.25, 0.3) is 0 Å². The summed E-state index contributed by atoms with van der Waals surface area (Å²) in [5.74, 6) is 0.664. The number of rotatable bonds is 7. The molecule has 0 bridgehead atoms. The van der Waals surface area contributed by atoms with Crippen molar-refractivity contribution in [3.8, 4) is 0 Å². The summed E-state index contributed by atoms with van der Waals surface area (Å²) in [4.78, 5) is 9.53. The van der Waals surface area contributed by atoms with Gasteiger partial charge in [-0.15, -0.1) is 0 Å². The number of ether oxygens (including phenoxy) is 1. The fraction of sp³-hybridized carbons (Fsp3) is 0.333. The summed E-state index contributed by atoms with van der Waals surface area (Å²) in [6.07, 6.45) is 1.48. The normalized spacial score (nSPS) is 15.5. The molecular weight excluding hydrogens is 403 g/mol. The van der Waals surface area contributed by atoms with Gasteiger partial charge in [0.05, 0.1) is 39.7 Å². The van der Waals surface area contributed by atoms with Gasteiger partial charge in [0.1, 0.15) is 17.2 Å². The van der Waals surface area contributed by atoms with Crippen LogP contribution in [0.3, 0.4) is 0 Å². The van der Waals surface area contributed by atoms with Crippen LogP contribution in [0, 0.1) is 10.8 Å². The van der Waals surface area contributed by atoms with Crippen LogP contribution in [0.25, 0.3) is 5.57 Å². The van der Waals surface area contributed by atoms with Crippen LogP contribution in [0.2, 0.25) is 0 Å². The molecule has 0 saturated carbocycles. The predicted molar refractivity (Wildman–Crippen MR) is 129 cm³/mol. The largest absolute Gasteiger partial charge is 0.392 e. The summed E-state index contributed by atoms with van der Waals surface area (Å²) >= 11 is 1.31. The third kappa shape index (κ3) is 5.30. The second-order valence-corrected chi connectivity index (χ2v) is 8.99. The van der Waals surface area contributed by atoms with Crippen molar-refractivity contribution in [2.24, 2.45) is 0 Å². The van der Waals surface area contributed by atoms with E-state index in [0.717, 1.165) is 21.6 Å². The second-order valence-electron chi connectivity index (χ2n) is 7.97. The monoisotopic (exact) mass is 425 g/mol. The first-order chi connectivity index (χ1) is 14.4. The Hall–Kier alpha value is -2.32. The van der Waals surface area contributed by atoms with Gasteiger partial charge in [-0.3, -0.25) is 5.41 Å². The summed E-state index contributed by atoms with van der Waals surface area (Å²) in [6.45, 7) is 7.79. The van der Waals surface area contributed by atoms with Gasteiger partial charge < -0.3 is 15.5 Å². The number of aromatic nitrogens is 2. The zero-order valence-electron chi connectivity index (χ0n) is 18.0. The minimum atomic E-state index is -1.72. The van der Waals surface area contributed by atoms with E-state index in [0.29, 0.717) is 34.4 Å². The molecule has 0 aliphatic carbocycles. The van der Waals surface area contributed by atoms with Crippen molar-refractivity contribution >= 4 is 57.4 Å². The van der Waals surface area contributed by atoms with Gasteiger partial charge in [0.15, 0.2) is 0 Å². The Labute approximate surface area is 191 Å². The molecule has 2 aromatic rings. The highest BCUT2D eigenvalue weighted by molar-refractivity contribution is 8.15. The SMILES string of the molecule is [B]C([B])([B])OC(C)(C)c1ccc(CNc2ncnc3c2SC(=N)/C3=C(/C)C(C)=N)cc1. The quantitative estimate of drug-likeness (QED) is 0.468. The van der Waals surface area contributed by atoms with Crippen LogP contribution < -0.4 is 5.32 Å². The topological polar surface area (TPSA) is 94.7 Å². The van der Waals surface area contributed by atoms with Crippen LogP contribution in [-0.2, 0) is 16.9 Å². The average Bonchev–Trinajstić information content (AvgIpc) is 3.00. The lowest BCUT2D eigenvalue weighted by Crippen LogP contribution is -2.41. The Kier molecular flexibility index (Phi) is 6.53. The van der Waals surface area contributed by atoms with Crippen LogP contribution in [-0.4, -0.2) is 49.6 Å². The van der Waals surface area contributed by atoms with Gasteiger partial charge in [-0.05, 0) is 49.7 Å². The molecule has 0 fully saturated rings. The van der Waals surface area contributed by atoms with Crippen LogP contribution in [0.1, 0.15) is 44.5 Å². The van der Waals surface area contributed by atoms with Gasteiger partial charge >= 0.3 is 0 Å². The van der Waals surface area contributed by atoms with E-state index < -0.39 is 10.9 Å². The van der Waals surface area contributed by atoms with E-state index in [-0.39, 0.29) is 0 Å². The van der Waals surface area contributed by atoms with E-state index in [1.807, 2.05) is 45.0 Å². The Morgan fingerprint density at radius 2 is 1.77 bits per heavy atom. The molecule has 6 nitrogen and oxygen atoms in total. The summed E-state index contributed by atoms with van der Waals surface area (Å²) in [6, 6.07) is 7.83. The Morgan fingerprint density at radius 3 is 2.35 bits per heavy atom. The van der Waals surface area contributed by atoms with Crippen LogP contribution >= 0.6 is 11.8 Å². The number of hydrogen-bond donors (Lipinski definition) is 3. The lowest BCUT2D eigenvalue weighted by molar-refractivity contribution is -0.0286. The van der Waals surface area contributed by atoms with E-state index in [1.54, 1.807) is 6.92 Å². The van der Waals surface area contributed by atoms with Crippen molar-refractivity contribution < 1.29 is 4.74 Å². The number of anilines is 1. The third-order valence-corrected chi connectivity index (χ3v) is 5.95. The lowest BCUT2D eigenvalue weighted by atomic mass is 9.52. The van der Waals surface area contributed by atoms with E-state index >= 15 is 0 Å². The van der Waals surface area contributed by atoms with Crippen molar-refractivity contribution in [1.29, 1.82) is 10.8 Å². The maximum absolute atomic E-state index is 8.33. The highest BCUT2D eigenvalue weighted by atomic mass is 32.2. The number of thioether (sulfide) groups is 1. The molecule has 0 amide bonds. The summed E-state index contributed by atoms with van der Waals surface area (Å²) in [5, 5.41) is 18.2. The standard InChI is InChI=1S/C21H22B3N5OS/c1-11(12(2)25)15-16-17(31-18(15)26)19(29-10-28-16)27-9-13-5-7-14(8-6-13)20(3,4)30-21(22,23)24/h5-8,10,25-26H,9H2,1-4H3,(H,27,28,29)/b15-11-,25-12?,26-18?. The smallest absolute Gasteiger partial charge is 0.144 e. The van der Waals surface area contributed by atoms with Gasteiger partial charge in [-0.25, -0.2) is 9.97 Å². The number of benzene rings is 1. The molecule has 10 heteroatoms. The first kappa shape index (κ1) is 23.4. The first-order valence-electron chi connectivity index (χ1n) is 9.67. The Balaban J connectivity index is 1.77. The third-order valence-electron chi connectivity index (χ3n) is 4.95. The molecule has 1 aromatic heterocycles. The highest BCUT2D eigenvalue weighted by Gasteiger charge is 2.30. The molecule has 152 valence electrons. The summed E-state index contributed by atoms with van der Waals surface area (Å²) < 4.78 is 5.55. The van der Waals surface area contributed by atoms with Gasteiger partial charge in [-0.1, -0.05) is 36.0 Å². The molecule has 1 aliphatic rings. The van der Waals surface area contributed by atoms with Crippen molar-refractivity contribution in [3.05, 3.63) is 53.0 Å². The predicted octanol–water partition coefficient (Wildman–Crippen LogP) is 3.35. The average molecular weight is 425 g/mol. The summed E-state index contributed by atoms with van der Waals surface area (Å²) in [5.41, 5.74) is 3.73.